The van der Waals surface area contributed by atoms with E-state index < -0.39 is 11.9 Å². The molecule has 1 amide bonds. The summed E-state index contributed by atoms with van der Waals surface area (Å²) in [6.45, 7) is 0.561. The Morgan fingerprint density at radius 1 is 1.00 bits per heavy atom. The molecule has 1 aliphatic carbocycles. The van der Waals surface area contributed by atoms with Crippen LogP contribution in [0.4, 0.5) is 0 Å². The fraction of sp³-hybridized carbons (Fsp3) is 0.286. The van der Waals surface area contributed by atoms with E-state index in [2.05, 4.69) is 0 Å². The minimum atomic E-state index is -0.841. The predicted octanol–water partition coefficient (Wildman–Crippen LogP) is 4.42. The molecule has 4 atom stereocenters. The molecule has 2 aliphatic rings. The second kappa shape index (κ2) is 8.74. The van der Waals surface area contributed by atoms with Gasteiger partial charge in [-0.25, -0.2) is 0 Å². The molecule has 0 spiro atoms. The van der Waals surface area contributed by atoms with E-state index in [0.717, 1.165) is 23.1 Å². The zero-order valence-electron chi connectivity index (χ0n) is 18.6. The topological polar surface area (TPSA) is 66.8 Å². The van der Waals surface area contributed by atoms with Crippen LogP contribution in [-0.4, -0.2) is 41.6 Å². The van der Waals surface area contributed by atoms with Crippen molar-refractivity contribution in [3.05, 3.63) is 101 Å². The summed E-state index contributed by atoms with van der Waals surface area (Å²) in [5.74, 6) is -0.976. The van der Waals surface area contributed by atoms with E-state index in [4.69, 9.17) is 4.74 Å². The van der Waals surface area contributed by atoms with Crippen molar-refractivity contribution in [2.45, 2.75) is 24.8 Å². The Morgan fingerprint density at radius 3 is 2.36 bits per heavy atom. The van der Waals surface area contributed by atoms with Crippen LogP contribution in [0.5, 0.6) is 5.75 Å². The lowest BCUT2D eigenvalue weighted by Gasteiger charge is -2.36. The van der Waals surface area contributed by atoms with Gasteiger partial charge in [-0.15, -0.1) is 0 Å². The lowest BCUT2D eigenvalue weighted by atomic mass is 9.67. The van der Waals surface area contributed by atoms with E-state index in [9.17, 15) is 14.7 Å². The van der Waals surface area contributed by atoms with Gasteiger partial charge in [0.25, 0.3) is 5.91 Å². The first-order valence-electron chi connectivity index (χ1n) is 11.4. The van der Waals surface area contributed by atoms with Gasteiger partial charge in [-0.05, 0) is 59.7 Å². The highest BCUT2D eigenvalue weighted by Gasteiger charge is 2.52. The highest BCUT2D eigenvalue weighted by atomic mass is 16.5. The van der Waals surface area contributed by atoms with Crippen LogP contribution < -0.4 is 4.74 Å². The molecule has 0 bridgehead atoms. The Hall–Kier alpha value is -3.60. The number of carbonyl (C=O) groups is 2. The Kier molecular flexibility index (Phi) is 5.63. The standard InChI is InChI=1S/C28H27NO4/c1-33-22-13-12-20-15-21-17-29(27(30)19-10-6-3-7-11-19)24(14-18-8-4-2-5-9-18)25(21)26(28(31)32)23(20)16-22/h2-13,16,21,24-26H,14-15,17H2,1H3,(H,31,32)/t21-,24-,25+,26-/m0/s1. The first-order valence-corrected chi connectivity index (χ1v) is 11.4. The molecule has 0 radical (unpaired) electrons. The van der Waals surface area contributed by atoms with E-state index in [1.54, 1.807) is 7.11 Å². The largest absolute Gasteiger partial charge is 0.497 e. The van der Waals surface area contributed by atoms with Crippen molar-refractivity contribution in [3.8, 4) is 5.75 Å². The van der Waals surface area contributed by atoms with Crippen molar-refractivity contribution in [2.24, 2.45) is 11.8 Å². The van der Waals surface area contributed by atoms with Crippen LogP contribution in [0.1, 0.15) is 33.0 Å². The van der Waals surface area contributed by atoms with Crippen LogP contribution in [-0.2, 0) is 17.6 Å². The van der Waals surface area contributed by atoms with Crippen LogP contribution in [0.3, 0.4) is 0 Å². The van der Waals surface area contributed by atoms with Crippen LogP contribution in [0, 0.1) is 11.8 Å². The summed E-state index contributed by atoms with van der Waals surface area (Å²) in [7, 11) is 1.59. The third kappa shape index (κ3) is 3.88. The molecule has 1 N–H and O–H groups in total. The number of likely N-dealkylation sites (tertiary alicyclic amines) is 1. The van der Waals surface area contributed by atoms with Gasteiger partial charge in [0.05, 0.1) is 13.0 Å². The number of fused-ring (bicyclic) bond motifs is 2. The van der Waals surface area contributed by atoms with Gasteiger partial charge in [0, 0.05) is 24.1 Å². The van der Waals surface area contributed by atoms with Crippen molar-refractivity contribution < 1.29 is 19.4 Å². The average molecular weight is 442 g/mol. The van der Waals surface area contributed by atoms with Gasteiger partial charge >= 0.3 is 5.97 Å². The van der Waals surface area contributed by atoms with Crippen molar-refractivity contribution in [3.63, 3.8) is 0 Å². The lowest BCUT2D eigenvalue weighted by molar-refractivity contribution is -0.141. The molecule has 1 aliphatic heterocycles. The van der Waals surface area contributed by atoms with Crippen LogP contribution in [0.25, 0.3) is 0 Å². The highest BCUT2D eigenvalue weighted by molar-refractivity contribution is 5.95. The molecular formula is C28H27NO4. The summed E-state index contributed by atoms with van der Waals surface area (Å²) >= 11 is 0. The molecule has 3 aromatic carbocycles. The quantitative estimate of drug-likeness (QED) is 0.637. The summed E-state index contributed by atoms with van der Waals surface area (Å²) in [5, 5.41) is 10.4. The molecule has 5 rings (SSSR count). The van der Waals surface area contributed by atoms with Gasteiger partial charge in [0.15, 0.2) is 0 Å². The molecule has 0 unspecified atom stereocenters. The third-order valence-corrected chi connectivity index (χ3v) is 7.21. The zero-order valence-corrected chi connectivity index (χ0v) is 18.6. The number of carboxylic acids is 1. The minimum Gasteiger partial charge on any atom is -0.497 e. The summed E-state index contributed by atoms with van der Waals surface area (Å²) in [6.07, 6.45) is 1.39. The number of hydrogen-bond donors (Lipinski definition) is 1. The fourth-order valence-electron chi connectivity index (χ4n) is 5.77. The molecule has 0 saturated carbocycles. The Labute approximate surface area is 193 Å². The molecule has 5 nitrogen and oxygen atoms in total. The summed E-state index contributed by atoms with van der Waals surface area (Å²) in [5.41, 5.74) is 3.60. The van der Waals surface area contributed by atoms with Crippen molar-refractivity contribution in [1.29, 1.82) is 0 Å². The van der Waals surface area contributed by atoms with E-state index in [1.807, 2.05) is 83.8 Å². The number of methoxy groups -OCH3 is 1. The number of carbonyl (C=O) groups excluding carboxylic acids is 1. The molecule has 1 saturated heterocycles. The van der Waals surface area contributed by atoms with Crippen LogP contribution in [0.2, 0.25) is 0 Å². The Balaban J connectivity index is 1.58. The molecule has 1 fully saturated rings. The number of nitrogens with zero attached hydrogens (tertiary/aromatic N) is 1. The number of carboxylic acid groups (broad SMARTS) is 1. The number of aliphatic carboxylic acids is 1. The first-order chi connectivity index (χ1) is 16.1. The van der Waals surface area contributed by atoms with Crippen molar-refractivity contribution in [1.82, 2.24) is 4.90 Å². The second-order valence-corrected chi connectivity index (χ2v) is 9.00. The number of amides is 1. The second-order valence-electron chi connectivity index (χ2n) is 9.00. The monoisotopic (exact) mass is 441 g/mol. The van der Waals surface area contributed by atoms with Crippen LogP contribution >= 0.6 is 0 Å². The minimum absolute atomic E-state index is 0.0308. The van der Waals surface area contributed by atoms with Gasteiger partial charge in [-0.3, -0.25) is 9.59 Å². The lowest BCUT2D eigenvalue weighted by Crippen LogP contribution is -2.43. The number of hydrogen-bond acceptors (Lipinski definition) is 3. The summed E-state index contributed by atoms with van der Waals surface area (Å²) < 4.78 is 5.40. The molecule has 3 aromatic rings. The maximum absolute atomic E-state index is 13.6. The normalized spacial score (nSPS) is 23.5. The zero-order chi connectivity index (χ0) is 22.9. The van der Waals surface area contributed by atoms with Gasteiger partial charge in [0.2, 0.25) is 0 Å². The van der Waals surface area contributed by atoms with E-state index in [0.29, 0.717) is 24.3 Å². The summed E-state index contributed by atoms with van der Waals surface area (Å²) in [4.78, 5) is 28.2. The van der Waals surface area contributed by atoms with E-state index in [1.165, 1.54) is 0 Å². The molecule has 1 heterocycles. The smallest absolute Gasteiger partial charge is 0.311 e. The molecule has 168 valence electrons. The third-order valence-electron chi connectivity index (χ3n) is 7.21. The summed E-state index contributed by atoms with van der Waals surface area (Å²) in [6, 6.07) is 24.9. The maximum Gasteiger partial charge on any atom is 0.311 e. The average Bonchev–Trinajstić information content (AvgIpc) is 3.20. The van der Waals surface area contributed by atoms with Crippen LogP contribution in [0.15, 0.2) is 78.9 Å². The highest BCUT2D eigenvalue weighted by Crippen LogP contribution is 2.49. The van der Waals surface area contributed by atoms with Gasteiger partial charge in [-0.1, -0.05) is 54.6 Å². The predicted molar refractivity (Wildman–Crippen MR) is 125 cm³/mol. The molecule has 5 heteroatoms. The van der Waals surface area contributed by atoms with Crippen molar-refractivity contribution in [2.75, 3.05) is 13.7 Å². The van der Waals surface area contributed by atoms with Gasteiger partial charge in [-0.2, -0.15) is 0 Å². The number of rotatable bonds is 5. The number of ether oxygens (including phenoxy) is 1. The Bertz CT molecular complexity index is 1160. The first kappa shape index (κ1) is 21.3. The number of benzene rings is 3. The van der Waals surface area contributed by atoms with Gasteiger partial charge < -0.3 is 14.7 Å². The SMILES string of the molecule is COc1ccc2c(c1)[C@H](C(=O)O)[C@@H]1[C@@H](C2)CN(C(=O)c2ccccc2)[C@H]1Cc1ccccc1. The Morgan fingerprint density at radius 2 is 1.70 bits per heavy atom. The maximum atomic E-state index is 13.6. The van der Waals surface area contributed by atoms with Gasteiger partial charge in [0.1, 0.15) is 5.75 Å². The molecular weight excluding hydrogens is 414 g/mol. The molecule has 33 heavy (non-hydrogen) atoms. The molecule has 0 aromatic heterocycles. The van der Waals surface area contributed by atoms with Crippen molar-refractivity contribution >= 4 is 11.9 Å². The van der Waals surface area contributed by atoms with E-state index >= 15 is 0 Å². The fourth-order valence-corrected chi connectivity index (χ4v) is 5.77. The van der Waals surface area contributed by atoms with E-state index in [-0.39, 0.29) is 23.8 Å².